The Morgan fingerprint density at radius 1 is 0.321 bits per heavy atom. The Kier molecular flexibility index (Phi) is 8.23. The summed E-state index contributed by atoms with van der Waals surface area (Å²) in [6.45, 7) is 4.83. The van der Waals surface area contributed by atoms with E-state index in [0.29, 0.717) is 0 Å². The van der Waals surface area contributed by atoms with Crippen LogP contribution in [0, 0.1) is 0 Å². The largest absolute Gasteiger partial charge is 0.310 e. The third kappa shape index (κ3) is 5.63. The van der Waals surface area contributed by atoms with E-state index in [2.05, 4.69) is 231 Å². The van der Waals surface area contributed by atoms with Crippen LogP contribution in [0.4, 0.5) is 17.1 Å². The van der Waals surface area contributed by atoms with Crippen molar-refractivity contribution in [1.82, 2.24) is 0 Å². The lowest BCUT2D eigenvalue weighted by molar-refractivity contribution is 0.664. The molecule has 0 saturated carbocycles. The van der Waals surface area contributed by atoms with Gasteiger partial charge in [0.1, 0.15) is 0 Å². The molecule has 1 aliphatic carbocycles. The van der Waals surface area contributed by atoms with Crippen molar-refractivity contribution < 1.29 is 0 Å². The summed E-state index contributed by atoms with van der Waals surface area (Å²) in [7, 11) is 0. The number of fused-ring (bicyclic) bond motifs is 4. The highest BCUT2D eigenvalue weighted by Gasteiger charge is 2.42. The molecule has 0 aliphatic heterocycles. The lowest BCUT2D eigenvalue weighted by atomic mass is 9.76. The third-order valence-corrected chi connectivity index (χ3v) is 11.6. The molecule has 0 radical (unpaired) electrons. The summed E-state index contributed by atoms with van der Waals surface area (Å²) in [5.74, 6) is 0. The van der Waals surface area contributed by atoms with Gasteiger partial charge in [0.25, 0.3) is 0 Å². The first kappa shape index (κ1) is 33.6. The minimum absolute atomic E-state index is 0.278. The van der Waals surface area contributed by atoms with Crippen LogP contribution in [0.15, 0.2) is 212 Å². The van der Waals surface area contributed by atoms with Crippen molar-refractivity contribution >= 4 is 27.8 Å². The Labute approximate surface area is 329 Å². The van der Waals surface area contributed by atoms with E-state index in [1.54, 1.807) is 0 Å². The summed E-state index contributed by atoms with van der Waals surface area (Å²) < 4.78 is 0. The van der Waals surface area contributed by atoms with Crippen LogP contribution >= 0.6 is 0 Å². The average Bonchev–Trinajstić information content (AvgIpc) is 3.52. The molecule has 0 unspecified atom stereocenters. The Morgan fingerprint density at radius 3 is 1.41 bits per heavy atom. The van der Waals surface area contributed by atoms with Crippen LogP contribution in [0.2, 0.25) is 0 Å². The molecule has 1 aliphatic rings. The first-order valence-corrected chi connectivity index (χ1v) is 19.5. The van der Waals surface area contributed by atoms with Crippen LogP contribution in [0.5, 0.6) is 0 Å². The third-order valence-electron chi connectivity index (χ3n) is 11.6. The molecule has 0 bridgehead atoms. The fourth-order valence-electron chi connectivity index (χ4n) is 9.10. The second-order valence-corrected chi connectivity index (χ2v) is 15.3. The zero-order valence-corrected chi connectivity index (χ0v) is 31.7. The standard InChI is InChI=1S/C55H41N/c1-55(2)53-48(41-18-8-4-9-19-41)26-15-27-50(53)52-51(37-36-49(54(52)55)42-20-10-5-11-21-42)56(44-32-28-39(29-33-44)38-16-6-3-7-17-38)45-34-30-43(31-35-45)47-25-14-23-40-22-12-13-24-46(40)47/h3-37H,1-2H3. The van der Waals surface area contributed by atoms with E-state index in [9.17, 15) is 0 Å². The minimum Gasteiger partial charge on any atom is -0.310 e. The molecule has 0 aromatic heterocycles. The molecule has 0 heterocycles. The van der Waals surface area contributed by atoms with Gasteiger partial charge in [-0.05, 0) is 102 Å². The van der Waals surface area contributed by atoms with Gasteiger partial charge in [-0.15, -0.1) is 0 Å². The Morgan fingerprint density at radius 2 is 0.768 bits per heavy atom. The quantitative estimate of drug-likeness (QED) is 0.159. The van der Waals surface area contributed by atoms with Gasteiger partial charge in [-0.2, -0.15) is 0 Å². The van der Waals surface area contributed by atoms with Crippen LogP contribution in [0.25, 0.3) is 66.4 Å². The highest BCUT2D eigenvalue weighted by atomic mass is 15.1. The average molecular weight is 716 g/mol. The van der Waals surface area contributed by atoms with E-state index >= 15 is 0 Å². The second-order valence-electron chi connectivity index (χ2n) is 15.3. The van der Waals surface area contributed by atoms with E-state index in [1.807, 2.05) is 0 Å². The predicted octanol–water partition coefficient (Wildman–Crippen LogP) is 15.3. The van der Waals surface area contributed by atoms with Gasteiger partial charge in [0, 0.05) is 22.4 Å². The Hall–Kier alpha value is -6.96. The number of benzene rings is 9. The fraction of sp³-hybridized carbons (Fsp3) is 0.0545. The SMILES string of the molecule is CC1(C)c2c(-c3ccccc3)cccc2-c2c(N(c3ccc(-c4ccccc4)cc3)c3ccc(-c4cccc5ccccc45)cc3)ccc(-c3ccccc3)c21. The normalized spacial score (nSPS) is 12.6. The van der Waals surface area contributed by atoms with Crippen LogP contribution < -0.4 is 4.90 Å². The van der Waals surface area contributed by atoms with Crippen molar-refractivity contribution in [3.05, 3.63) is 223 Å². The van der Waals surface area contributed by atoms with Crippen molar-refractivity contribution in [3.8, 4) is 55.6 Å². The summed E-state index contributed by atoms with van der Waals surface area (Å²) >= 11 is 0. The van der Waals surface area contributed by atoms with E-state index in [1.165, 1.54) is 83.2 Å². The molecule has 9 aromatic carbocycles. The highest BCUT2D eigenvalue weighted by molar-refractivity contribution is 6.02. The Balaban J connectivity index is 1.21. The van der Waals surface area contributed by atoms with Crippen LogP contribution in [0.1, 0.15) is 25.0 Å². The molecular formula is C55H41N. The van der Waals surface area contributed by atoms with Crippen molar-refractivity contribution in [2.75, 3.05) is 4.90 Å². The number of nitrogens with zero attached hydrogens (tertiary/aromatic N) is 1. The van der Waals surface area contributed by atoms with Gasteiger partial charge in [0.05, 0.1) is 5.69 Å². The zero-order valence-electron chi connectivity index (χ0n) is 31.7. The van der Waals surface area contributed by atoms with Crippen molar-refractivity contribution in [1.29, 1.82) is 0 Å². The van der Waals surface area contributed by atoms with E-state index in [0.717, 1.165) is 11.4 Å². The van der Waals surface area contributed by atoms with Gasteiger partial charge < -0.3 is 4.90 Å². The fourth-order valence-corrected chi connectivity index (χ4v) is 9.10. The summed E-state index contributed by atoms with van der Waals surface area (Å²) in [6.07, 6.45) is 0. The molecule has 0 N–H and O–H groups in total. The molecule has 1 heteroatoms. The van der Waals surface area contributed by atoms with E-state index < -0.39 is 0 Å². The second kappa shape index (κ2) is 13.7. The smallest absolute Gasteiger partial charge is 0.0543 e. The molecule has 0 fully saturated rings. The van der Waals surface area contributed by atoms with Gasteiger partial charge in [-0.3, -0.25) is 0 Å². The zero-order chi connectivity index (χ0) is 37.6. The Bertz CT molecular complexity index is 2830. The van der Waals surface area contributed by atoms with Gasteiger partial charge in [0.15, 0.2) is 0 Å². The molecule has 9 aromatic rings. The lowest BCUT2D eigenvalue weighted by Crippen LogP contribution is -2.18. The first-order valence-electron chi connectivity index (χ1n) is 19.5. The maximum atomic E-state index is 2.47. The molecule has 10 rings (SSSR count). The maximum Gasteiger partial charge on any atom is 0.0543 e. The first-order chi connectivity index (χ1) is 27.6. The molecule has 0 atom stereocenters. The lowest BCUT2D eigenvalue weighted by Gasteiger charge is -2.31. The van der Waals surface area contributed by atoms with E-state index in [4.69, 9.17) is 0 Å². The van der Waals surface area contributed by atoms with Gasteiger partial charge in [-0.1, -0.05) is 196 Å². The maximum absolute atomic E-state index is 2.47. The molecule has 266 valence electrons. The minimum atomic E-state index is -0.278. The summed E-state index contributed by atoms with van der Waals surface area (Å²) in [6, 6.07) is 77.5. The van der Waals surface area contributed by atoms with Crippen LogP contribution in [-0.2, 0) is 5.41 Å². The van der Waals surface area contributed by atoms with Crippen LogP contribution in [0.3, 0.4) is 0 Å². The van der Waals surface area contributed by atoms with Gasteiger partial charge in [-0.25, -0.2) is 0 Å². The van der Waals surface area contributed by atoms with Gasteiger partial charge >= 0.3 is 0 Å². The monoisotopic (exact) mass is 715 g/mol. The molecule has 1 nitrogen and oxygen atoms in total. The summed E-state index contributed by atoms with van der Waals surface area (Å²) in [5.41, 5.74) is 18.3. The summed E-state index contributed by atoms with van der Waals surface area (Å²) in [5, 5.41) is 2.51. The molecule has 0 amide bonds. The predicted molar refractivity (Wildman–Crippen MR) is 238 cm³/mol. The van der Waals surface area contributed by atoms with Crippen molar-refractivity contribution in [3.63, 3.8) is 0 Å². The molecule has 0 spiro atoms. The van der Waals surface area contributed by atoms with Crippen LogP contribution in [-0.4, -0.2) is 0 Å². The molecule has 56 heavy (non-hydrogen) atoms. The topological polar surface area (TPSA) is 3.24 Å². The van der Waals surface area contributed by atoms with Gasteiger partial charge in [0.2, 0.25) is 0 Å². The highest BCUT2D eigenvalue weighted by Crippen LogP contribution is 2.59. The van der Waals surface area contributed by atoms with Crippen molar-refractivity contribution in [2.45, 2.75) is 19.3 Å². The van der Waals surface area contributed by atoms with E-state index in [-0.39, 0.29) is 5.41 Å². The molecular weight excluding hydrogens is 675 g/mol. The molecule has 0 saturated heterocycles. The number of hydrogen-bond donors (Lipinski definition) is 0. The number of rotatable bonds is 7. The summed E-state index contributed by atoms with van der Waals surface area (Å²) in [4.78, 5) is 2.47. The van der Waals surface area contributed by atoms with Crippen molar-refractivity contribution in [2.24, 2.45) is 0 Å². The number of anilines is 3. The number of hydrogen-bond acceptors (Lipinski definition) is 1.